The van der Waals surface area contributed by atoms with Crippen LogP contribution in [0.2, 0.25) is 0 Å². The van der Waals surface area contributed by atoms with E-state index in [4.69, 9.17) is 17.3 Å². The maximum absolute atomic E-state index is 12.7. The molecule has 0 saturated heterocycles. The Morgan fingerprint density at radius 2 is 2.00 bits per heavy atom. The maximum Gasteiger partial charge on any atom is 0.129 e. The highest BCUT2D eigenvalue weighted by Crippen LogP contribution is 2.16. The summed E-state index contributed by atoms with van der Waals surface area (Å²) in [4.78, 5) is 0. The van der Waals surface area contributed by atoms with E-state index in [1.807, 2.05) is 0 Å². The van der Waals surface area contributed by atoms with Gasteiger partial charge >= 0.3 is 0 Å². The van der Waals surface area contributed by atoms with Crippen LogP contribution in [-0.4, -0.2) is 0 Å². The van der Waals surface area contributed by atoms with Crippen LogP contribution in [0.5, 0.6) is 0 Å². The molecule has 1 unspecified atom stereocenters. The van der Waals surface area contributed by atoms with Crippen molar-refractivity contribution in [2.45, 2.75) is 5.50 Å². The van der Waals surface area contributed by atoms with Crippen molar-refractivity contribution in [2.24, 2.45) is 5.73 Å². The Morgan fingerprint density at radius 1 is 1.40 bits per heavy atom. The second kappa shape index (κ2) is 2.99. The SMILES string of the molecule is NC(Cl)c1ccccc1F. The average Bonchev–Trinajstić information content (AvgIpc) is 1.88. The molecule has 0 aliphatic carbocycles. The van der Waals surface area contributed by atoms with Crippen LogP contribution in [0, 0.1) is 5.82 Å². The van der Waals surface area contributed by atoms with Gasteiger partial charge in [0.05, 0.1) is 0 Å². The van der Waals surface area contributed by atoms with Crippen molar-refractivity contribution < 1.29 is 4.39 Å². The fraction of sp³-hybridized carbons (Fsp3) is 0.143. The van der Waals surface area contributed by atoms with Gasteiger partial charge in [-0.05, 0) is 6.07 Å². The average molecular weight is 160 g/mol. The third-order valence-corrected chi connectivity index (χ3v) is 1.44. The number of hydrogen-bond donors (Lipinski definition) is 1. The van der Waals surface area contributed by atoms with Gasteiger partial charge in [0, 0.05) is 5.56 Å². The van der Waals surface area contributed by atoms with Crippen molar-refractivity contribution >= 4 is 11.6 Å². The van der Waals surface area contributed by atoms with Crippen LogP contribution in [0.4, 0.5) is 4.39 Å². The number of halogens is 2. The predicted molar refractivity (Wildman–Crippen MR) is 39.2 cm³/mol. The molecular formula is C7H7ClFN. The highest BCUT2D eigenvalue weighted by Gasteiger charge is 2.05. The lowest BCUT2D eigenvalue weighted by molar-refractivity contribution is 0.608. The summed E-state index contributed by atoms with van der Waals surface area (Å²) in [5.74, 6) is -0.356. The normalized spacial score (nSPS) is 13.1. The van der Waals surface area contributed by atoms with Crippen molar-refractivity contribution in [3.05, 3.63) is 35.6 Å². The van der Waals surface area contributed by atoms with Crippen molar-refractivity contribution in [2.75, 3.05) is 0 Å². The Bertz CT molecular complexity index is 225. The first kappa shape index (κ1) is 7.51. The topological polar surface area (TPSA) is 26.0 Å². The van der Waals surface area contributed by atoms with Gasteiger partial charge in [0.15, 0.2) is 0 Å². The zero-order valence-corrected chi connectivity index (χ0v) is 5.98. The summed E-state index contributed by atoms with van der Waals surface area (Å²) in [5, 5.41) is 0. The molecule has 1 aromatic carbocycles. The van der Waals surface area contributed by atoms with Gasteiger partial charge in [-0.25, -0.2) is 4.39 Å². The summed E-state index contributed by atoms with van der Waals surface area (Å²) in [6, 6.07) is 6.18. The molecule has 0 aromatic heterocycles. The lowest BCUT2D eigenvalue weighted by atomic mass is 10.2. The molecule has 3 heteroatoms. The third kappa shape index (κ3) is 1.46. The van der Waals surface area contributed by atoms with Crippen molar-refractivity contribution in [3.63, 3.8) is 0 Å². The molecule has 1 nitrogen and oxygen atoms in total. The highest BCUT2D eigenvalue weighted by molar-refractivity contribution is 6.20. The molecule has 0 saturated carbocycles. The van der Waals surface area contributed by atoms with Crippen LogP contribution >= 0.6 is 11.6 Å². The van der Waals surface area contributed by atoms with E-state index >= 15 is 0 Å². The monoisotopic (exact) mass is 159 g/mol. The second-order valence-corrected chi connectivity index (χ2v) is 2.39. The predicted octanol–water partition coefficient (Wildman–Crippen LogP) is 2.02. The van der Waals surface area contributed by atoms with Gasteiger partial charge in [0.25, 0.3) is 0 Å². The molecule has 54 valence electrons. The first-order chi connectivity index (χ1) is 4.72. The minimum absolute atomic E-state index is 0.337. The van der Waals surface area contributed by atoms with Crippen molar-refractivity contribution in [1.29, 1.82) is 0 Å². The maximum atomic E-state index is 12.7. The standard InChI is InChI=1S/C7H7ClFN/c8-7(10)5-3-1-2-4-6(5)9/h1-4,7H,10H2. The van der Waals surface area contributed by atoms with Crippen LogP contribution in [0.25, 0.3) is 0 Å². The summed E-state index contributed by atoms with van der Waals surface area (Å²) in [7, 11) is 0. The molecule has 2 N–H and O–H groups in total. The lowest BCUT2D eigenvalue weighted by Gasteiger charge is -2.02. The quantitative estimate of drug-likeness (QED) is 0.493. The number of hydrogen-bond acceptors (Lipinski definition) is 1. The molecule has 0 amide bonds. The molecule has 0 radical (unpaired) electrons. The van der Waals surface area contributed by atoms with Gasteiger partial charge in [-0.1, -0.05) is 18.2 Å². The zero-order valence-electron chi connectivity index (χ0n) is 5.22. The van der Waals surface area contributed by atoms with Gasteiger partial charge in [-0.2, -0.15) is 0 Å². The van der Waals surface area contributed by atoms with E-state index < -0.39 is 5.50 Å². The Kier molecular flexibility index (Phi) is 2.25. The first-order valence-corrected chi connectivity index (χ1v) is 3.29. The Balaban J connectivity index is 3.03. The van der Waals surface area contributed by atoms with Gasteiger partial charge in [-0.15, -0.1) is 11.6 Å². The molecule has 0 aliphatic rings. The minimum Gasteiger partial charge on any atom is -0.311 e. The molecule has 0 fully saturated rings. The van der Waals surface area contributed by atoms with Crippen molar-refractivity contribution in [3.8, 4) is 0 Å². The Morgan fingerprint density at radius 3 is 2.40 bits per heavy atom. The van der Waals surface area contributed by atoms with Crippen molar-refractivity contribution in [1.82, 2.24) is 0 Å². The molecule has 0 aliphatic heterocycles. The van der Waals surface area contributed by atoms with Gasteiger partial charge in [0.2, 0.25) is 0 Å². The van der Waals surface area contributed by atoms with Crippen LogP contribution < -0.4 is 5.73 Å². The van der Waals surface area contributed by atoms with Crippen LogP contribution in [-0.2, 0) is 0 Å². The molecule has 0 spiro atoms. The van der Waals surface area contributed by atoms with E-state index in [1.54, 1.807) is 18.2 Å². The fourth-order valence-electron chi connectivity index (χ4n) is 0.699. The molecule has 10 heavy (non-hydrogen) atoms. The molecule has 0 bridgehead atoms. The number of rotatable bonds is 1. The minimum atomic E-state index is -0.749. The summed E-state index contributed by atoms with van der Waals surface area (Å²) in [5.41, 5.74) is 4.83. The molecule has 1 rings (SSSR count). The third-order valence-electron chi connectivity index (χ3n) is 1.20. The van der Waals surface area contributed by atoms with Gasteiger partial charge < -0.3 is 5.73 Å². The molecular weight excluding hydrogens is 153 g/mol. The summed E-state index contributed by atoms with van der Waals surface area (Å²) in [6.07, 6.45) is 0. The van der Waals surface area contributed by atoms with E-state index in [2.05, 4.69) is 0 Å². The number of benzene rings is 1. The summed E-state index contributed by atoms with van der Waals surface area (Å²) >= 11 is 5.45. The zero-order chi connectivity index (χ0) is 7.56. The van der Waals surface area contributed by atoms with E-state index in [9.17, 15) is 4.39 Å². The van der Waals surface area contributed by atoms with E-state index in [-0.39, 0.29) is 5.82 Å². The van der Waals surface area contributed by atoms with Gasteiger partial charge in [-0.3, -0.25) is 0 Å². The second-order valence-electron chi connectivity index (χ2n) is 1.92. The number of alkyl halides is 1. The van der Waals surface area contributed by atoms with E-state index in [0.29, 0.717) is 5.56 Å². The van der Waals surface area contributed by atoms with Crippen LogP contribution in [0.15, 0.2) is 24.3 Å². The number of nitrogens with two attached hydrogens (primary N) is 1. The first-order valence-electron chi connectivity index (χ1n) is 2.86. The molecule has 0 heterocycles. The lowest BCUT2D eigenvalue weighted by Crippen LogP contribution is -2.03. The van der Waals surface area contributed by atoms with E-state index in [0.717, 1.165) is 0 Å². The Labute approximate surface area is 63.6 Å². The van der Waals surface area contributed by atoms with E-state index in [1.165, 1.54) is 6.07 Å². The molecule has 1 atom stereocenters. The fourth-order valence-corrected chi connectivity index (χ4v) is 0.876. The highest BCUT2D eigenvalue weighted by atomic mass is 35.5. The van der Waals surface area contributed by atoms with Crippen LogP contribution in [0.1, 0.15) is 11.1 Å². The smallest absolute Gasteiger partial charge is 0.129 e. The van der Waals surface area contributed by atoms with Gasteiger partial charge in [0.1, 0.15) is 11.3 Å². The molecule has 1 aromatic rings. The largest absolute Gasteiger partial charge is 0.311 e. The summed E-state index contributed by atoms with van der Waals surface area (Å²) in [6.45, 7) is 0. The Hall–Kier alpha value is -0.600. The van der Waals surface area contributed by atoms with Crippen LogP contribution in [0.3, 0.4) is 0 Å². The summed E-state index contributed by atoms with van der Waals surface area (Å²) < 4.78 is 12.7.